The Labute approximate surface area is 82.7 Å². The van der Waals surface area contributed by atoms with E-state index >= 15 is 0 Å². The molecule has 0 radical (unpaired) electrons. The Hall–Kier alpha value is -1.02. The van der Waals surface area contributed by atoms with Gasteiger partial charge in [-0.2, -0.15) is 0 Å². The van der Waals surface area contributed by atoms with E-state index in [1.165, 1.54) is 0 Å². The fourth-order valence-electron chi connectivity index (χ4n) is 1.14. The molecule has 0 fully saturated rings. The molecule has 0 aliphatic rings. The summed E-state index contributed by atoms with van der Waals surface area (Å²) in [7, 11) is 0. The number of ketones is 1. The second-order valence-corrected chi connectivity index (χ2v) is 3.28. The Morgan fingerprint density at radius 3 is 2.85 bits per heavy atom. The molecule has 1 aromatic carbocycles. The number of nitrogen functional groups attached to an aromatic ring is 1. The minimum Gasteiger partial charge on any atom is -0.397 e. The number of benzene rings is 1. The van der Waals surface area contributed by atoms with Crippen LogP contribution in [0.3, 0.4) is 0 Å². The van der Waals surface area contributed by atoms with Gasteiger partial charge in [-0.25, -0.2) is 0 Å². The SMILES string of the molecule is CCCC(=O)c1cccc(Cl)c1N. The van der Waals surface area contributed by atoms with E-state index < -0.39 is 0 Å². The van der Waals surface area contributed by atoms with Gasteiger partial charge in [-0.15, -0.1) is 0 Å². The molecule has 0 saturated heterocycles. The summed E-state index contributed by atoms with van der Waals surface area (Å²) in [5, 5.41) is 0.446. The number of carbonyl (C=O) groups is 1. The molecule has 70 valence electrons. The summed E-state index contributed by atoms with van der Waals surface area (Å²) in [6.07, 6.45) is 1.34. The molecule has 0 atom stereocenters. The van der Waals surface area contributed by atoms with Gasteiger partial charge in [-0.3, -0.25) is 4.79 Å². The number of para-hydroxylation sites is 1. The van der Waals surface area contributed by atoms with E-state index in [4.69, 9.17) is 17.3 Å². The molecule has 0 bridgehead atoms. The molecular weight excluding hydrogens is 186 g/mol. The number of nitrogens with two attached hydrogens (primary N) is 1. The van der Waals surface area contributed by atoms with Crippen molar-refractivity contribution in [3.8, 4) is 0 Å². The third-order valence-electron chi connectivity index (χ3n) is 1.83. The lowest BCUT2D eigenvalue weighted by molar-refractivity contribution is 0.0982. The number of hydrogen-bond donors (Lipinski definition) is 1. The van der Waals surface area contributed by atoms with E-state index in [0.717, 1.165) is 6.42 Å². The largest absolute Gasteiger partial charge is 0.397 e. The van der Waals surface area contributed by atoms with Crippen LogP contribution in [-0.2, 0) is 0 Å². The highest BCUT2D eigenvalue weighted by Gasteiger charge is 2.09. The van der Waals surface area contributed by atoms with Gasteiger partial charge in [0.05, 0.1) is 10.7 Å². The highest BCUT2D eigenvalue weighted by molar-refractivity contribution is 6.34. The third-order valence-corrected chi connectivity index (χ3v) is 2.16. The number of carbonyl (C=O) groups excluding carboxylic acids is 1. The highest BCUT2D eigenvalue weighted by atomic mass is 35.5. The molecule has 0 unspecified atom stereocenters. The van der Waals surface area contributed by atoms with Crippen molar-refractivity contribution in [2.45, 2.75) is 19.8 Å². The fourth-order valence-corrected chi connectivity index (χ4v) is 1.32. The molecule has 1 rings (SSSR count). The predicted molar refractivity (Wildman–Crippen MR) is 55.1 cm³/mol. The molecule has 2 N–H and O–H groups in total. The van der Waals surface area contributed by atoms with E-state index in [0.29, 0.717) is 22.7 Å². The van der Waals surface area contributed by atoms with E-state index in [1.54, 1.807) is 18.2 Å². The molecule has 0 aliphatic heterocycles. The van der Waals surface area contributed by atoms with Gasteiger partial charge in [0.15, 0.2) is 5.78 Å². The minimum absolute atomic E-state index is 0.0579. The fraction of sp³-hybridized carbons (Fsp3) is 0.300. The molecule has 1 aromatic rings. The van der Waals surface area contributed by atoms with Crippen LogP contribution in [0.15, 0.2) is 18.2 Å². The maximum absolute atomic E-state index is 11.5. The van der Waals surface area contributed by atoms with E-state index in [2.05, 4.69) is 0 Å². The van der Waals surface area contributed by atoms with Crippen molar-refractivity contribution in [2.24, 2.45) is 0 Å². The average molecular weight is 198 g/mol. The van der Waals surface area contributed by atoms with E-state index in [9.17, 15) is 4.79 Å². The lowest BCUT2D eigenvalue weighted by Gasteiger charge is -2.04. The Morgan fingerprint density at radius 2 is 2.23 bits per heavy atom. The smallest absolute Gasteiger partial charge is 0.164 e. The highest BCUT2D eigenvalue weighted by Crippen LogP contribution is 2.23. The standard InChI is InChI=1S/C10H12ClNO/c1-2-4-9(13)7-5-3-6-8(11)10(7)12/h3,5-6H,2,4,12H2,1H3. The van der Waals surface area contributed by atoms with Gasteiger partial charge in [0.2, 0.25) is 0 Å². The zero-order valence-electron chi connectivity index (χ0n) is 7.51. The predicted octanol–water partition coefficient (Wildman–Crippen LogP) is 2.91. The Balaban J connectivity index is 3.01. The van der Waals surface area contributed by atoms with Crippen molar-refractivity contribution in [2.75, 3.05) is 5.73 Å². The van der Waals surface area contributed by atoms with Gasteiger partial charge in [0, 0.05) is 12.0 Å². The van der Waals surface area contributed by atoms with Crippen LogP contribution in [0.25, 0.3) is 0 Å². The van der Waals surface area contributed by atoms with Crippen molar-refractivity contribution in [1.29, 1.82) is 0 Å². The molecule has 13 heavy (non-hydrogen) atoms. The van der Waals surface area contributed by atoms with Crippen LogP contribution in [0.5, 0.6) is 0 Å². The first-order valence-corrected chi connectivity index (χ1v) is 4.61. The van der Waals surface area contributed by atoms with Gasteiger partial charge in [0.1, 0.15) is 0 Å². The first-order chi connectivity index (χ1) is 6.16. The lowest BCUT2D eigenvalue weighted by Crippen LogP contribution is -2.03. The van der Waals surface area contributed by atoms with Crippen LogP contribution in [0.1, 0.15) is 30.1 Å². The summed E-state index contributed by atoms with van der Waals surface area (Å²) in [5.74, 6) is 0.0579. The van der Waals surface area contributed by atoms with Gasteiger partial charge in [0.25, 0.3) is 0 Å². The van der Waals surface area contributed by atoms with Crippen LogP contribution in [-0.4, -0.2) is 5.78 Å². The number of hydrogen-bond acceptors (Lipinski definition) is 2. The van der Waals surface area contributed by atoms with Crippen molar-refractivity contribution >= 4 is 23.1 Å². The molecule has 0 aromatic heterocycles. The average Bonchev–Trinajstić information content (AvgIpc) is 2.10. The minimum atomic E-state index is 0.0579. The topological polar surface area (TPSA) is 43.1 Å². The molecule has 0 saturated carbocycles. The first kappa shape index (κ1) is 10.1. The second-order valence-electron chi connectivity index (χ2n) is 2.87. The van der Waals surface area contributed by atoms with Crippen LogP contribution in [0.4, 0.5) is 5.69 Å². The summed E-state index contributed by atoms with van der Waals surface area (Å²) in [4.78, 5) is 11.5. The molecule has 0 aliphatic carbocycles. The summed E-state index contributed by atoms with van der Waals surface area (Å²) >= 11 is 5.78. The molecule has 2 nitrogen and oxygen atoms in total. The van der Waals surface area contributed by atoms with Crippen molar-refractivity contribution < 1.29 is 4.79 Å². The first-order valence-electron chi connectivity index (χ1n) is 4.24. The maximum atomic E-state index is 11.5. The quantitative estimate of drug-likeness (QED) is 0.598. The van der Waals surface area contributed by atoms with Crippen LogP contribution >= 0.6 is 11.6 Å². The van der Waals surface area contributed by atoms with Gasteiger partial charge < -0.3 is 5.73 Å². The summed E-state index contributed by atoms with van der Waals surface area (Å²) in [6, 6.07) is 5.13. The Morgan fingerprint density at radius 1 is 1.54 bits per heavy atom. The second kappa shape index (κ2) is 4.28. The normalized spacial score (nSPS) is 10.0. The maximum Gasteiger partial charge on any atom is 0.164 e. The van der Waals surface area contributed by atoms with Gasteiger partial charge in [-0.05, 0) is 18.6 Å². The summed E-state index contributed by atoms with van der Waals surface area (Å²) < 4.78 is 0. The van der Waals surface area contributed by atoms with Gasteiger partial charge in [-0.1, -0.05) is 24.6 Å². The number of rotatable bonds is 3. The van der Waals surface area contributed by atoms with E-state index in [-0.39, 0.29) is 5.78 Å². The molecule has 3 heteroatoms. The zero-order chi connectivity index (χ0) is 9.84. The molecular formula is C10H12ClNO. The van der Waals surface area contributed by atoms with Crippen LogP contribution in [0, 0.1) is 0 Å². The number of halogens is 1. The number of anilines is 1. The molecule has 0 spiro atoms. The summed E-state index contributed by atoms with van der Waals surface area (Å²) in [6.45, 7) is 1.96. The Bertz CT molecular complexity index is 323. The van der Waals surface area contributed by atoms with Crippen molar-refractivity contribution in [1.82, 2.24) is 0 Å². The van der Waals surface area contributed by atoms with E-state index in [1.807, 2.05) is 6.92 Å². The number of Topliss-reactive ketones (excluding diaryl/α,β-unsaturated/α-hetero) is 1. The lowest BCUT2D eigenvalue weighted by atomic mass is 10.1. The molecule has 0 amide bonds. The molecule has 0 heterocycles. The van der Waals surface area contributed by atoms with Crippen molar-refractivity contribution in [3.63, 3.8) is 0 Å². The zero-order valence-corrected chi connectivity index (χ0v) is 8.27. The van der Waals surface area contributed by atoms with Gasteiger partial charge >= 0.3 is 0 Å². The Kier molecular flexibility index (Phi) is 3.32. The summed E-state index contributed by atoms with van der Waals surface area (Å²) in [5.41, 5.74) is 6.59. The van der Waals surface area contributed by atoms with Crippen LogP contribution in [0.2, 0.25) is 5.02 Å². The third kappa shape index (κ3) is 2.22. The van der Waals surface area contributed by atoms with Crippen LogP contribution < -0.4 is 5.73 Å². The van der Waals surface area contributed by atoms with Crippen molar-refractivity contribution in [3.05, 3.63) is 28.8 Å². The monoisotopic (exact) mass is 197 g/mol.